The second-order valence-corrected chi connectivity index (χ2v) is 6.70. The normalized spacial score (nSPS) is 14.6. The van der Waals surface area contributed by atoms with E-state index >= 15 is 0 Å². The molecule has 0 bridgehead atoms. The predicted molar refractivity (Wildman–Crippen MR) is 110 cm³/mol. The van der Waals surface area contributed by atoms with Crippen LogP contribution in [0.1, 0.15) is 30.5 Å². The number of aromatic nitrogens is 3. The molecule has 0 spiro atoms. The molecule has 0 aliphatic carbocycles. The number of piperidine rings is 1. The molecule has 1 N–H and O–H groups in total. The Morgan fingerprint density at radius 1 is 1.00 bits per heavy atom. The van der Waals surface area contributed by atoms with Gasteiger partial charge in [-0.15, -0.1) is 0 Å². The fourth-order valence-corrected chi connectivity index (χ4v) is 3.43. The number of para-hydroxylation sites is 1. The minimum Gasteiger partial charge on any atom is -0.356 e. The molecule has 1 aliphatic heterocycles. The van der Waals surface area contributed by atoms with Crippen molar-refractivity contribution >= 4 is 17.9 Å². The lowest BCUT2D eigenvalue weighted by molar-refractivity contribution is 0.567. The van der Waals surface area contributed by atoms with Gasteiger partial charge in [0.2, 0.25) is 0 Å². The Labute approximate surface area is 159 Å². The largest absolute Gasteiger partial charge is 0.356 e. The SMILES string of the molecule is Cc1nn(-c2ccccc2)c(N2CCCCC2)c1/C=N\Nc1ccccn1. The summed E-state index contributed by atoms with van der Waals surface area (Å²) in [5, 5.41) is 9.24. The lowest BCUT2D eigenvalue weighted by atomic mass is 10.1. The maximum absolute atomic E-state index is 4.82. The van der Waals surface area contributed by atoms with Crippen LogP contribution < -0.4 is 10.3 Å². The maximum Gasteiger partial charge on any atom is 0.146 e. The average Bonchev–Trinajstić information content (AvgIpc) is 3.06. The van der Waals surface area contributed by atoms with Gasteiger partial charge in [0.1, 0.15) is 11.6 Å². The average molecular weight is 360 g/mol. The number of hydrogen-bond acceptors (Lipinski definition) is 5. The number of pyridine rings is 1. The fraction of sp³-hybridized carbons (Fsp3) is 0.286. The lowest BCUT2D eigenvalue weighted by Crippen LogP contribution is -2.32. The van der Waals surface area contributed by atoms with Gasteiger partial charge < -0.3 is 4.90 Å². The molecule has 2 aromatic heterocycles. The third-order valence-electron chi connectivity index (χ3n) is 4.78. The second kappa shape index (κ2) is 8.03. The molecule has 3 aromatic rings. The van der Waals surface area contributed by atoms with Gasteiger partial charge in [-0.3, -0.25) is 5.43 Å². The highest BCUT2D eigenvalue weighted by molar-refractivity contribution is 5.89. The third-order valence-corrected chi connectivity index (χ3v) is 4.78. The first kappa shape index (κ1) is 17.3. The summed E-state index contributed by atoms with van der Waals surface area (Å²) in [7, 11) is 0. The van der Waals surface area contributed by atoms with E-state index in [0.29, 0.717) is 0 Å². The zero-order chi connectivity index (χ0) is 18.5. The van der Waals surface area contributed by atoms with Crippen LogP contribution in [0.25, 0.3) is 5.69 Å². The molecule has 1 fully saturated rings. The molecule has 6 heteroatoms. The number of nitrogens with zero attached hydrogens (tertiary/aromatic N) is 5. The lowest BCUT2D eigenvalue weighted by Gasteiger charge is -2.29. The molecule has 0 saturated carbocycles. The van der Waals surface area contributed by atoms with Crippen LogP contribution in [0.3, 0.4) is 0 Å². The molecular weight excluding hydrogens is 336 g/mol. The van der Waals surface area contributed by atoms with Gasteiger partial charge in [-0.1, -0.05) is 24.3 Å². The van der Waals surface area contributed by atoms with Crippen LogP contribution in [0.2, 0.25) is 0 Å². The van der Waals surface area contributed by atoms with Crippen LogP contribution in [0.5, 0.6) is 0 Å². The van der Waals surface area contributed by atoms with E-state index in [1.54, 1.807) is 6.20 Å². The van der Waals surface area contributed by atoms with Crippen LogP contribution >= 0.6 is 0 Å². The van der Waals surface area contributed by atoms with E-state index < -0.39 is 0 Å². The first-order chi connectivity index (χ1) is 13.3. The highest BCUT2D eigenvalue weighted by Gasteiger charge is 2.22. The third kappa shape index (κ3) is 3.84. The molecule has 138 valence electrons. The molecule has 6 nitrogen and oxygen atoms in total. The Hall–Kier alpha value is -3.15. The summed E-state index contributed by atoms with van der Waals surface area (Å²) >= 11 is 0. The fourth-order valence-electron chi connectivity index (χ4n) is 3.43. The summed E-state index contributed by atoms with van der Waals surface area (Å²) in [4.78, 5) is 6.67. The molecule has 4 rings (SSSR count). The van der Waals surface area contributed by atoms with Crippen molar-refractivity contribution in [2.75, 3.05) is 23.4 Å². The second-order valence-electron chi connectivity index (χ2n) is 6.70. The van der Waals surface area contributed by atoms with Crippen molar-refractivity contribution < 1.29 is 0 Å². The Kier molecular flexibility index (Phi) is 5.14. The standard InChI is InChI=1S/C21H24N6/c1-17-19(16-23-24-20-12-6-7-13-22-20)21(26-14-8-3-9-15-26)27(25-17)18-10-4-2-5-11-18/h2,4-7,10-13,16H,3,8-9,14-15H2,1H3,(H,22,24)/b23-16-. The van der Waals surface area contributed by atoms with E-state index in [1.165, 1.54) is 19.3 Å². The Balaban J connectivity index is 1.70. The Bertz CT molecular complexity index is 895. The molecule has 3 heterocycles. The summed E-state index contributed by atoms with van der Waals surface area (Å²) in [6, 6.07) is 16.0. The summed E-state index contributed by atoms with van der Waals surface area (Å²) < 4.78 is 2.04. The molecule has 1 aliphatic rings. The van der Waals surface area contributed by atoms with Crippen LogP contribution in [0, 0.1) is 6.92 Å². The number of hydrogen-bond donors (Lipinski definition) is 1. The van der Waals surface area contributed by atoms with E-state index in [-0.39, 0.29) is 0 Å². The van der Waals surface area contributed by atoms with Crippen molar-refractivity contribution in [3.05, 3.63) is 66.0 Å². The van der Waals surface area contributed by atoms with Crippen LogP contribution in [0.4, 0.5) is 11.6 Å². The number of anilines is 2. The summed E-state index contributed by atoms with van der Waals surface area (Å²) in [6.07, 6.45) is 7.32. The first-order valence-electron chi connectivity index (χ1n) is 9.43. The predicted octanol–water partition coefficient (Wildman–Crippen LogP) is 4.01. The van der Waals surface area contributed by atoms with Crippen molar-refractivity contribution in [1.29, 1.82) is 0 Å². The van der Waals surface area contributed by atoms with Gasteiger partial charge in [0, 0.05) is 19.3 Å². The van der Waals surface area contributed by atoms with Gasteiger partial charge in [-0.25, -0.2) is 9.67 Å². The zero-order valence-corrected chi connectivity index (χ0v) is 15.5. The number of hydrazone groups is 1. The van der Waals surface area contributed by atoms with Crippen molar-refractivity contribution in [2.24, 2.45) is 5.10 Å². The summed E-state index contributed by atoms with van der Waals surface area (Å²) in [6.45, 7) is 4.13. The smallest absolute Gasteiger partial charge is 0.146 e. The van der Waals surface area contributed by atoms with Crippen molar-refractivity contribution in [3.63, 3.8) is 0 Å². The number of rotatable bonds is 5. The van der Waals surface area contributed by atoms with E-state index in [9.17, 15) is 0 Å². The van der Waals surface area contributed by atoms with Gasteiger partial charge in [0.15, 0.2) is 0 Å². The molecule has 0 radical (unpaired) electrons. The Morgan fingerprint density at radius 2 is 1.78 bits per heavy atom. The zero-order valence-electron chi connectivity index (χ0n) is 15.5. The van der Waals surface area contributed by atoms with E-state index in [1.807, 2.05) is 54.2 Å². The minimum atomic E-state index is 0.723. The maximum atomic E-state index is 4.82. The minimum absolute atomic E-state index is 0.723. The molecule has 0 amide bonds. The van der Waals surface area contributed by atoms with Gasteiger partial charge in [0.05, 0.1) is 23.2 Å². The molecule has 1 aromatic carbocycles. The molecule has 1 saturated heterocycles. The monoisotopic (exact) mass is 360 g/mol. The Morgan fingerprint density at radius 3 is 2.52 bits per heavy atom. The van der Waals surface area contributed by atoms with Crippen LogP contribution in [0.15, 0.2) is 59.8 Å². The van der Waals surface area contributed by atoms with Crippen LogP contribution in [-0.2, 0) is 0 Å². The van der Waals surface area contributed by atoms with Gasteiger partial charge >= 0.3 is 0 Å². The van der Waals surface area contributed by atoms with E-state index in [0.717, 1.165) is 41.7 Å². The highest BCUT2D eigenvalue weighted by Crippen LogP contribution is 2.28. The number of aryl methyl sites for hydroxylation is 1. The van der Waals surface area contributed by atoms with Gasteiger partial charge in [-0.2, -0.15) is 10.2 Å². The highest BCUT2D eigenvalue weighted by atomic mass is 15.4. The van der Waals surface area contributed by atoms with Gasteiger partial charge in [0.25, 0.3) is 0 Å². The summed E-state index contributed by atoms with van der Waals surface area (Å²) in [5.41, 5.74) is 6.08. The number of nitrogens with one attached hydrogen (secondary N) is 1. The van der Waals surface area contributed by atoms with E-state index in [2.05, 4.69) is 32.5 Å². The van der Waals surface area contributed by atoms with Crippen molar-refractivity contribution in [1.82, 2.24) is 14.8 Å². The molecule has 0 unspecified atom stereocenters. The topological polar surface area (TPSA) is 58.3 Å². The molecule has 0 atom stereocenters. The quantitative estimate of drug-likeness (QED) is 0.552. The van der Waals surface area contributed by atoms with Gasteiger partial charge in [-0.05, 0) is 50.5 Å². The molecule has 27 heavy (non-hydrogen) atoms. The number of benzene rings is 1. The van der Waals surface area contributed by atoms with Crippen molar-refractivity contribution in [2.45, 2.75) is 26.2 Å². The summed E-state index contributed by atoms with van der Waals surface area (Å²) in [5.74, 6) is 1.84. The van der Waals surface area contributed by atoms with Crippen LogP contribution in [-0.4, -0.2) is 34.1 Å². The molecular formula is C21H24N6. The van der Waals surface area contributed by atoms with E-state index in [4.69, 9.17) is 5.10 Å². The first-order valence-corrected chi connectivity index (χ1v) is 9.43. The van der Waals surface area contributed by atoms with Crippen molar-refractivity contribution in [3.8, 4) is 5.69 Å².